The van der Waals surface area contributed by atoms with Gasteiger partial charge in [-0.05, 0) is 43.0 Å². The minimum Gasteiger partial charge on any atom is -0.352 e. The first-order valence-electron chi connectivity index (χ1n) is 5.42. The topological polar surface area (TPSA) is 29.1 Å². The van der Waals surface area contributed by atoms with Crippen LogP contribution in [0.1, 0.15) is 24.0 Å². The Balaban J connectivity index is 2.34. The number of benzene rings is 1. The van der Waals surface area contributed by atoms with Crippen LogP contribution in [-0.4, -0.2) is 12.5 Å². The molecule has 0 atom stereocenters. The van der Waals surface area contributed by atoms with Crippen LogP contribution in [0.3, 0.4) is 0 Å². The van der Waals surface area contributed by atoms with Gasteiger partial charge in [0.2, 0.25) is 5.91 Å². The van der Waals surface area contributed by atoms with Crippen LogP contribution in [0.4, 0.5) is 0 Å². The molecule has 2 nitrogen and oxygen atoms in total. The van der Waals surface area contributed by atoms with E-state index in [0.717, 1.165) is 35.0 Å². The molecule has 0 aliphatic carbocycles. The number of amides is 1. The van der Waals surface area contributed by atoms with Crippen LogP contribution < -0.4 is 5.32 Å². The summed E-state index contributed by atoms with van der Waals surface area (Å²) in [6.07, 6.45) is 3.90. The highest BCUT2D eigenvalue weighted by atomic mass is 79.9. The van der Waals surface area contributed by atoms with Crippen molar-refractivity contribution >= 4 is 27.9 Å². The molecule has 0 saturated carbocycles. The Morgan fingerprint density at radius 1 is 1.44 bits per heavy atom. The highest BCUT2D eigenvalue weighted by molar-refractivity contribution is 9.10. The van der Waals surface area contributed by atoms with E-state index in [1.807, 2.05) is 24.3 Å². The summed E-state index contributed by atoms with van der Waals surface area (Å²) in [5.74, 6) is 0.0747. The van der Waals surface area contributed by atoms with Gasteiger partial charge in [-0.3, -0.25) is 4.79 Å². The van der Waals surface area contributed by atoms with Crippen molar-refractivity contribution in [1.82, 2.24) is 5.32 Å². The molecule has 0 radical (unpaired) electrons. The number of hydrogen-bond donors (Lipinski definition) is 1. The predicted molar refractivity (Wildman–Crippen MR) is 69.1 cm³/mol. The second-order valence-corrected chi connectivity index (χ2v) is 4.84. The minimum absolute atomic E-state index is 0.0747. The molecule has 0 spiro atoms. The van der Waals surface area contributed by atoms with Crippen molar-refractivity contribution in [2.24, 2.45) is 0 Å². The predicted octanol–water partition coefficient (Wildman–Crippen LogP) is 3.05. The third kappa shape index (κ3) is 2.35. The van der Waals surface area contributed by atoms with E-state index >= 15 is 0 Å². The fourth-order valence-corrected chi connectivity index (χ4v) is 2.20. The van der Waals surface area contributed by atoms with Gasteiger partial charge in [-0.1, -0.05) is 28.1 Å². The van der Waals surface area contributed by atoms with Crippen molar-refractivity contribution in [3.63, 3.8) is 0 Å². The lowest BCUT2D eigenvalue weighted by Crippen LogP contribution is -2.30. The van der Waals surface area contributed by atoms with Crippen LogP contribution in [-0.2, 0) is 4.79 Å². The molecule has 1 saturated heterocycles. The maximum absolute atomic E-state index is 11.6. The second kappa shape index (κ2) is 4.83. The Hall–Kier alpha value is -1.09. The number of halogens is 1. The smallest absolute Gasteiger partial charge is 0.247 e. The lowest BCUT2D eigenvalue weighted by atomic mass is 10.0. The molecule has 1 heterocycles. The molecule has 3 heteroatoms. The summed E-state index contributed by atoms with van der Waals surface area (Å²) in [6.45, 7) is 2.85. The van der Waals surface area contributed by atoms with E-state index < -0.39 is 0 Å². The second-order valence-electron chi connectivity index (χ2n) is 3.98. The first-order valence-corrected chi connectivity index (χ1v) is 6.21. The maximum atomic E-state index is 11.6. The average molecular weight is 280 g/mol. The van der Waals surface area contributed by atoms with Crippen LogP contribution in [0, 0.1) is 6.92 Å². The van der Waals surface area contributed by atoms with E-state index in [1.165, 1.54) is 5.56 Å². The molecular formula is C13H14BrNO. The van der Waals surface area contributed by atoms with Crippen molar-refractivity contribution in [1.29, 1.82) is 0 Å². The fraction of sp³-hybridized carbons (Fsp3) is 0.308. The first kappa shape index (κ1) is 11.4. The molecular weight excluding hydrogens is 266 g/mol. The molecule has 1 aliphatic heterocycles. The Morgan fingerprint density at radius 3 is 3.00 bits per heavy atom. The van der Waals surface area contributed by atoms with E-state index in [1.54, 1.807) is 0 Å². The SMILES string of the molecule is Cc1c(Br)cccc1/C=C1\CCCNC1=O. The van der Waals surface area contributed by atoms with E-state index in [0.29, 0.717) is 0 Å². The molecule has 1 aromatic carbocycles. The van der Waals surface area contributed by atoms with Crippen molar-refractivity contribution in [3.05, 3.63) is 39.4 Å². The van der Waals surface area contributed by atoms with Gasteiger partial charge < -0.3 is 5.32 Å². The third-order valence-corrected chi connectivity index (χ3v) is 3.70. The number of nitrogens with one attached hydrogen (secondary N) is 1. The minimum atomic E-state index is 0.0747. The highest BCUT2D eigenvalue weighted by Crippen LogP contribution is 2.23. The van der Waals surface area contributed by atoms with Crippen molar-refractivity contribution in [3.8, 4) is 0 Å². The normalized spacial score (nSPS) is 18.6. The molecule has 1 fully saturated rings. The zero-order chi connectivity index (χ0) is 11.5. The van der Waals surface area contributed by atoms with Crippen LogP contribution in [0.15, 0.2) is 28.2 Å². The molecule has 0 bridgehead atoms. The maximum Gasteiger partial charge on any atom is 0.247 e. The van der Waals surface area contributed by atoms with Gasteiger partial charge in [-0.2, -0.15) is 0 Å². The molecule has 0 aromatic heterocycles. The Kier molecular flexibility index (Phi) is 3.44. The average Bonchev–Trinajstić information content (AvgIpc) is 2.28. The largest absolute Gasteiger partial charge is 0.352 e. The quantitative estimate of drug-likeness (QED) is 0.787. The number of carbonyl (C=O) groups is 1. The highest BCUT2D eigenvalue weighted by Gasteiger charge is 2.14. The van der Waals surface area contributed by atoms with Gasteiger partial charge in [0.15, 0.2) is 0 Å². The van der Waals surface area contributed by atoms with Crippen molar-refractivity contribution in [2.45, 2.75) is 19.8 Å². The van der Waals surface area contributed by atoms with Crippen LogP contribution in [0.25, 0.3) is 6.08 Å². The van der Waals surface area contributed by atoms with Gasteiger partial charge in [0.1, 0.15) is 0 Å². The summed E-state index contributed by atoms with van der Waals surface area (Å²) in [7, 11) is 0. The number of piperidine rings is 1. The van der Waals surface area contributed by atoms with Gasteiger partial charge >= 0.3 is 0 Å². The number of hydrogen-bond acceptors (Lipinski definition) is 1. The molecule has 1 aliphatic rings. The molecule has 2 rings (SSSR count). The van der Waals surface area contributed by atoms with Crippen LogP contribution in [0.2, 0.25) is 0 Å². The number of carbonyl (C=O) groups excluding carboxylic acids is 1. The van der Waals surface area contributed by atoms with Crippen molar-refractivity contribution in [2.75, 3.05) is 6.54 Å². The summed E-state index contributed by atoms with van der Waals surface area (Å²) in [5.41, 5.74) is 3.17. The van der Waals surface area contributed by atoms with Crippen molar-refractivity contribution < 1.29 is 4.79 Å². The lowest BCUT2D eigenvalue weighted by molar-refractivity contribution is -0.118. The lowest BCUT2D eigenvalue weighted by Gasteiger charge is -2.15. The monoisotopic (exact) mass is 279 g/mol. The Bertz CT molecular complexity index is 451. The summed E-state index contributed by atoms with van der Waals surface area (Å²) >= 11 is 3.50. The standard InChI is InChI=1S/C13H14BrNO/c1-9-10(4-2-6-12(9)14)8-11-5-3-7-15-13(11)16/h2,4,6,8H,3,5,7H2,1H3,(H,15,16)/b11-8+. The van der Waals surface area contributed by atoms with Gasteiger partial charge in [-0.25, -0.2) is 0 Å². The fourth-order valence-electron chi connectivity index (χ4n) is 1.81. The van der Waals surface area contributed by atoms with Gasteiger partial charge in [-0.15, -0.1) is 0 Å². The van der Waals surface area contributed by atoms with Gasteiger partial charge in [0.25, 0.3) is 0 Å². The van der Waals surface area contributed by atoms with E-state index in [4.69, 9.17) is 0 Å². The zero-order valence-corrected chi connectivity index (χ0v) is 10.8. The molecule has 1 aromatic rings. The van der Waals surface area contributed by atoms with Crippen LogP contribution >= 0.6 is 15.9 Å². The van der Waals surface area contributed by atoms with E-state index in [2.05, 4.69) is 28.2 Å². The molecule has 1 N–H and O–H groups in total. The van der Waals surface area contributed by atoms with E-state index in [-0.39, 0.29) is 5.91 Å². The summed E-state index contributed by atoms with van der Waals surface area (Å²) in [6, 6.07) is 6.04. The molecule has 1 amide bonds. The third-order valence-electron chi connectivity index (χ3n) is 2.84. The Morgan fingerprint density at radius 2 is 2.25 bits per heavy atom. The first-order chi connectivity index (χ1) is 7.68. The van der Waals surface area contributed by atoms with Gasteiger partial charge in [0, 0.05) is 16.6 Å². The molecule has 16 heavy (non-hydrogen) atoms. The summed E-state index contributed by atoms with van der Waals surface area (Å²) in [5, 5.41) is 2.87. The molecule has 84 valence electrons. The van der Waals surface area contributed by atoms with Gasteiger partial charge in [0.05, 0.1) is 0 Å². The Labute approximate surface area is 104 Å². The summed E-state index contributed by atoms with van der Waals surface area (Å²) in [4.78, 5) is 11.6. The number of rotatable bonds is 1. The van der Waals surface area contributed by atoms with Crippen LogP contribution in [0.5, 0.6) is 0 Å². The van der Waals surface area contributed by atoms with E-state index in [9.17, 15) is 4.79 Å². The molecule has 0 unspecified atom stereocenters. The zero-order valence-electron chi connectivity index (χ0n) is 9.22. The summed E-state index contributed by atoms with van der Waals surface area (Å²) < 4.78 is 1.08.